The summed E-state index contributed by atoms with van der Waals surface area (Å²) in [5, 5.41) is 14.5. The summed E-state index contributed by atoms with van der Waals surface area (Å²) in [5.74, 6) is 1.08. The van der Waals surface area contributed by atoms with Crippen LogP contribution in [-0.4, -0.2) is 23.2 Å². The van der Waals surface area contributed by atoms with Crippen molar-refractivity contribution in [3.8, 4) is 28.6 Å². The van der Waals surface area contributed by atoms with Gasteiger partial charge in [0.15, 0.2) is 0 Å². The lowest BCUT2D eigenvalue weighted by Crippen LogP contribution is -2.24. The van der Waals surface area contributed by atoms with Crippen LogP contribution in [0.5, 0.6) is 17.4 Å². The van der Waals surface area contributed by atoms with Crippen LogP contribution in [0.3, 0.4) is 0 Å². The molecule has 4 aromatic carbocycles. The number of ether oxygens (including phenoxy) is 2. The molecule has 0 aliphatic carbocycles. The van der Waals surface area contributed by atoms with E-state index in [1.807, 2.05) is 100 Å². The molecule has 5 aromatic rings. The predicted molar refractivity (Wildman–Crippen MR) is 147 cm³/mol. The van der Waals surface area contributed by atoms with Gasteiger partial charge in [-0.3, -0.25) is 4.79 Å². The third-order valence-electron chi connectivity index (χ3n) is 6.53. The van der Waals surface area contributed by atoms with Crippen molar-refractivity contribution in [3.05, 3.63) is 88.9 Å². The van der Waals surface area contributed by atoms with Gasteiger partial charge in [-0.05, 0) is 75.2 Å². The highest BCUT2D eigenvalue weighted by Gasteiger charge is 2.23. The van der Waals surface area contributed by atoms with Crippen molar-refractivity contribution < 1.29 is 23.8 Å². The number of carbonyl (C=O) groups excluding carboxylic acids is 1. The summed E-state index contributed by atoms with van der Waals surface area (Å²) in [4.78, 5) is 17.4. The predicted octanol–water partition coefficient (Wildman–Crippen LogP) is 5.89. The zero-order valence-corrected chi connectivity index (χ0v) is 21.6. The molecule has 0 atom stereocenters. The van der Waals surface area contributed by atoms with Gasteiger partial charge in [-0.2, -0.15) is 0 Å². The van der Waals surface area contributed by atoms with Crippen molar-refractivity contribution in [2.75, 3.05) is 0 Å². The molecule has 0 saturated heterocycles. The zero-order valence-electron chi connectivity index (χ0n) is 21.6. The minimum Gasteiger partial charge on any atom is -0.491 e. The molecule has 6 heteroatoms. The SMILES string of the molecule is CC(C)Oc1ccc(C2=c3ccc4c(ccc5c(-c6ccc(OC(C)C)cc6)c(O)oc54)c3=NC2=O)cc1. The standard InChI is InChI=1S/C32H27NO5/c1-17(2)36-21-9-5-19(6-10-21)27-25-15-14-24-23(29(25)33-31(27)34)13-16-26-28(32(35)38-30(24)26)20-7-11-22(12-8-20)37-18(3)4/h5-18,35H,1-4H3. The van der Waals surface area contributed by atoms with E-state index in [2.05, 4.69) is 4.99 Å². The van der Waals surface area contributed by atoms with E-state index in [0.717, 1.165) is 44.0 Å². The molecule has 0 spiro atoms. The average molecular weight is 506 g/mol. The molecule has 6 rings (SSSR count). The first kappa shape index (κ1) is 23.8. The fourth-order valence-corrected chi connectivity index (χ4v) is 5.03. The van der Waals surface area contributed by atoms with Crippen LogP contribution in [0, 0.1) is 0 Å². The minimum atomic E-state index is -0.281. The highest BCUT2D eigenvalue weighted by molar-refractivity contribution is 6.22. The summed E-state index contributed by atoms with van der Waals surface area (Å²) in [6.07, 6.45) is 0.144. The Kier molecular flexibility index (Phi) is 5.68. The lowest BCUT2D eigenvalue weighted by atomic mass is 9.99. The van der Waals surface area contributed by atoms with Gasteiger partial charge in [0.2, 0.25) is 0 Å². The van der Waals surface area contributed by atoms with Crippen LogP contribution in [0.15, 0.2) is 82.2 Å². The molecule has 2 heterocycles. The van der Waals surface area contributed by atoms with Crippen LogP contribution < -0.4 is 20.0 Å². The molecule has 1 amide bonds. The van der Waals surface area contributed by atoms with E-state index in [-0.39, 0.29) is 24.1 Å². The molecule has 0 radical (unpaired) electrons. The summed E-state index contributed by atoms with van der Waals surface area (Å²) in [7, 11) is 0. The van der Waals surface area contributed by atoms with Crippen LogP contribution >= 0.6 is 0 Å². The molecule has 1 aromatic heterocycles. The maximum Gasteiger partial charge on any atom is 0.291 e. The van der Waals surface area contributed by atoms with Crippen LogP contribution in [0.1, 0.15) is 33.3 Å². The van der Waals surface area contributed by atoms with E-state index < -0.39 is 0 Å². The van der Waals surface area contributed by atoms with Gasteiger partial charge in [0.05, 0.1) is 28.7 Å². The van der Waals surface area contributed by atoms with E-state index in [1.165, 1.54) is 0 Å². The molecule has 0 fully saturated rings. The van der Waals surface area contributed by atoms with E-state index in [9.17, 15) is 9.90 Å². The molecule has 1 aliphatic heterocycles. The topological polar surface area (TPSA) is 81.3 Å². The molecule has 38 heavy (non-hydrogen) atoms. The van der Waals surface area contributed by atoms with Gasteiger partial charge >= 0.3 is 0 Å². The number of rotatable bonds is 6. The lowest BCUT2D eigenvalue weighted by Gasteiger charge is -2.10. The first-order valence-corrected chi connectivity index (χ1v) is 12.7. The normalized spacial score (nSPS) is 13.0. The highest BCUT2D eigenvalue weighted by Crippen LogP contribution is 2.42. The van der Waals surface area contributed by atoms with E-state index in [4.69, 9.17) is 13.9 Å². The Hall–Kier alpha value is -4.58. The van der Waals surface area contributed by atoms with Gasteiger partial charge in [0, 0.05) is 21.4 Å². The number of benzene rings is 4. The number of amides is 1. The van der Waals surface area contributed by atoms with Gasteiger partial charge in [0.25, 0.3) is 11.9 Å². The van der Waals surface area contributed by atoms with Gasteiger partial charge in [0.1, 0.15) is 17.1 Å². The Morgan fingerprint density at radius 1 is 0.711 bits per heavy atom. The molecular formula is C32H27NO5. The maximum atomic E-state index is 13.0. The van der Waals surface area contributed by atoms with Crippen LogP contribution in [0.4, 0.5) is 0 Å². The second-order valence-corrected chi connectivity index (χ2v) is 9.96. The molecule has 190 valence electrons. The van der Waals surface area contributed by atoms with E-state index >= 15 is 0 Å². The Morgan fingerprint density at radius 3 is 1.87 bits per heavy atom. The Balaban J connectivity index is 1.47. The number of carbonyl (C=O) groups is 1. The largest absolute Gasteiger partial charge is 0.491 e. The van der Waals surface area contributed by atoms with E-state index in [0.29, 0.717) is 22.1 Å². The summed E-state index contributed by atoms with van der Waals surface area (Å²) < 4.78 is 17.4. The fraction of sp³-hybridized carbons (Fsp3) is 0.188. The van der Waals surface area contributed by atoms with Gasteiger partial charge in [-0.15, -0.1) is 0 Å². The number of nitrogens with zero attached hydrogens (tertiary/aromatic N) is 1. The van der Waals surface area contributed by atoms with Crippen LogP contribution in [-0.2, 0) is 4.79 Å². The molecule has 0 saturated carbocycles. The molecule has 0 unspecified atom stereocenters. The number of fused-ring (bicyclic) bond motifs is 5. The van der Waals surface area contributed by atoms with Crippen LogP contribution in [0.25, 0.3) is 38.4 Å². The van der Waals surface area contributed by atoms with Gasteiger partial charge in [-0.1, -0.05) is 36.4 Å². The number of furan rings is 1. The minimum absolute atomic E-state index is 0.0698. The monoisotopic (exact) mass is 505 g/mol. The van der Waals surface area contributed by atoms with Crippen LogP contribution in [0.2, 0.25) is 0 Å². The summed E-state index contributed by atoms with van der Waals surface area (Å²) in [5.41, 5.74) is 3.33. The Morgan fingerprint density at radius 2 is 1.26 bits per heavy atom. The molecule has 6 nitrogen and oxygen atoms in total. The average Bonchev–Trinajstić information content (AvgIpc) is 3.40. The quantitative estimate of drug-likeness (QED) is 0.311. The van der Waals surface area contributed by atoms with Crippen molar-refractivity contribution in [3.63, 3.8) is 0 Å². The number of hydrogen-bond acceptors (Lipinski definition) is 5. The molecular weight excluding hydrogens is 478 g/mol. The summed E-state index contributed by atoms with van der Waals surface area (Å²) in [6.45, 7) is 7.90. The molecule has 1 N–H and O–H groups in total. The third kappa shape index (κ3) is 3.98. The van der Waals surface area contributed by atoms with Crippen molar-refractivity contribution in [1.82, 2.24) is 0 Å². The third-order valence-corrected chi connectivity index (χ3v) is 6.53. The van der Waals surface area contributed by atoms with Crippen molar-refractivity contribution in [2.24, 2.45) is 4.99 Å². The first-order chi connectivity index (χ1) is 18.3. The second-order valence-electron chi connectivity index (χ2n) is 9.96. The van der Waals surface area contributed by atoms with Crippen molar-refractivity contribution in [1.29, 1.82) is 0 Å². The van der Waals surface area contributed by atoms with Crippen molar-refractivity contribution >= 4 is 33.2 Å². The maximum absolute atomic E-state index is 13.0. The van der Waals surface area contributed by atoms with E-state index in [1.54, 1.807) is 0 Å². The summed E-state index contributed by atoms with van der Waals surface area (Å²) >= 11 is 0. The molecule has 1 aliphatic rings. The fourth-order valence-electron chi connectivity index (χ4n) is 5.03. The smallest absolute Gasteiger partial charge is 0.291 e. The highest BCUT2D eigenvalue weighted by atomic mass is 16.5. The number of aromatic hydroxyl groups is 1. The summed E-state index contributed by atoms with van der Waals surface area (Å²) in [6, 6.07) is 22.7. The second kappa shape index (κ2) is 9.06. The zero-order chi connectivity index (χ0) is 26.6. The Bertz CT molecular complexity index is 1830. The molecule has 0 bridgehead atoms. The Labute approximate surface area is 219 Å². The lowest BCUT2D eigenvalue weighted by molar-refractivity contribution is -0.112. The van der Waals surface area contributed by atoms with Gasteiger partial charge in [-0.25, -0.2) is 4.99 Å². The number of hydrogen-bond donors (Lipinski definition) is 1. The van der Waals surface area contributed by atoms with Crippen molar-refractivity contribution in [2.45, 2.75) is 39.9 Å². The van der Waals surface area contributed by atoms with Gasteiger partial charge < -0.3 is 19.0 Å². The first-order valence-electron chi connectivity index (χ1n) is 12.7.